The summed E-state index contributed by atoms with van der Waals surface area (Å²) >= 11 is 1.44. The molecule has 4 rings (SSSR count). The van der Waals surface area contributed by atoms with E-state index in [4.69, 9.17) is 5.73 Å². The van der Waals surface area contributed by atoms with Crippen LogP contribution in [0, 0.1) is 13.8 Å². The van der Waals surface area contributed by atoms with Crippen molar-refractivity contribution in [2.24, 2.45) is 5.73 Å². The maximum absolute atomic E-state index is 12.7. The minimum Gasteiger partial charge on any atom is -0.366 e. The highest BCUT2D eigenvalue weighted by molar-refractivity contribution is 7.17. The molecule has 1 heterocycles. The highest BCUT2D eigenvalue weighted by Gasteiger charge is 2.26. The van der Waals surface area contributed by atoms with Crippen molar-refractivity contribution in [2.45, 2.75) is 26.7 Å². The van der Waals surface area contributed by atoms with Crippen molar-refractivity contribution in [3.63, 3.8) is 0 Å². The maximum Gasteiger partial charge on any atom is 0.256 e. The van der Waals surface area contributed by atoms with Gasteiger partial charge < -0.3 is 11.1 Å². The number of carbonyl (C=O) groups is 3. The molecule has 0 spiro atoms. The van der Waals surface area contributed by atoms with E-state index in [9.17, 15) is 14.4 Å². The van der Waals surface area contributed by atoms with Crippen molar-refractivity contribution in [3.05, 3.63) is 74.7 Å². The molecule has 0 unspecified atom stereocenters. The number of carbonyl (C=O) groups excluding carboxylic acids is 3. The van der Waals surface area contributed by atoms with Gasteiger partial charge in [-0.3, -0.25) is 14.4 Å². The fraction of sp³-hybridized carbons (Fsp3) is 0.174. The molecule has 6 heteroatoms. The quantitative estimate of drug-likeness (QED) is 0.636. The third kappa shape index (κ3) is 3.36. The smallest absolute Gasteiger partial charge is 0.256 e. The fourth-order valence-corrected chi connectivity index (χ4v) is 4.90. The van der Waals surface area contributed by atoms with Gasteiger partial charge in [-0.05, 0) is 67.1 Å². The molecule has 0 radical (unpaired) electrons. The Morgan fingerprint density at radius 1 is 1.07 bits per heavy atom. The van der Waals surface area contributed by atoms with Gasteiger partial charge in [0.1, 0.15) is 5.00 Å². The molecule has 0 fully saturated rings. The minimum absolute atomic E-state index is 0.263. The standard InChI is InChI=1S/C23H20N2O3S/c1-12-8-14-6-7-19-20(17(14)9-13(12)2)18(11-26)23(29-19)25-22(28)16-5-3-4-15(10-16)21(24)27/h3-5,8-11H,6-7H2,1-2H3,(H2,24,27)(H,25,28). The molecule has 0 saturated carbocycles. The molecule has 1 aromatic heterocycles. The number of amides is 2. The predicted molar refractivity (Wildman–Crippen MR) is 115 cm³/mol. The Bertz CT molecular complexity index is 1180. The number of primary amides is 1. The average molecular weight is 404 g/mol. The zero-order valence-corrected chi connectivity index (χ0v) is 17.0. The summed E-state index contributed by atoms with van der Waals surface area (Å²) in [5, 5.41) is 3.39. The van der Waals surface area contributed by atoms with Crippen LogP contribution < -0.4 is 11.1 Å². The number of fused-ring (bicyclic) bond motifs is 3. The maximum atomic E-state index is 12.7. The summed E-state index contributed by atoms with van der Waals surface area (Å²) in [5.41, 5.74) is 12.0. The van der Waals surface area contributed by atoms with E-state index in [1.807, 2.05) is 0 Å². The minimum atomic E-state index is -0.595. The number of aryl methyl sites for hydroxylation is 4. The molecule has 0 saturated heterocycles. The zero-order valence-electron chi connectivity index (χ0n) is 16.2. The van der Waals surface area contributed by atoms with Crippen molar-refractivity contribution in [1.29, 1.82) is 0 Å². The van der Waals surface area contributed by atoms with Gasteiger partial charge in [-0.2, -0.15) is 0 Å². The molecular weight excluding hydrogens is 384 g/mol. The Morgan fingerprint density at radius 3 is 2.52 bits per heavy atom. The second kappa shape index (κ2) is 7.29. The Morgan fingerprint density at radius 2 is 1.79 bits per heavy atom. The first-order chi connectivity index (χ1) is 13.9. The van der Waals surface area contributed by atoms with E-state index in [0.717, 1.165) is 35.1 Å². The van der Waals surface area contributed by atoms with E-state index in [1.54, 1.807) is 18.2 Å². The molecule has 146 valence electrons. The fourth-order valence-electron chi connectivity index (χ4n) is 3.72. The van der Waals surface area contributed by atoms with E-state index >= 15 is 0 Å². The number of thiophene rings is 1. The van der Waals surface area contributed by atoms with E-state index in [-0.39, 0.29) is 11.5 Å². The van der Waals surface area contributed by atoms with E-state index < -0.39 is 5.91 Å². The molecule has 3 N–H and O–H groups in total. The van der Waals surface area contributed by atoms with Gasteiger partial charge in [-0.1, -0.05) is 18.2 Å². The summed E-state index contributed by atoms with van der Waals surface area (Å²) in [4.78, 5) is 37.2. The molecule has 0 bridgehead atoms. The predicted octanol–water partition coefficient (Wildman–Crippen LogP) is 4.29. The highest BCUT2D eigenvalue weighted by atomic mass is 32.1. The molecule has 1 aliphatic rings. The lowest BCUT2D eigenvalue weighted by molar-refractivity contribution is 0.0999. The Balaban J connectivity index is 1.74. The van der Waals surface area contributed by atoms with Crippen molar-refractivity contribution in [3.8, 4) is 11.1 Å². The zero-order chi connectivity index (χ0) is 20.7. The van der Waals surface area contributed by atoms with Crippen molar-refractivity contribution in [2.75, 3.05) is 5.32 Å². The van der Waals surface area contributed by atoms with Crippen LogP contribution in [-0.2, 0) is 12.8 Å². The molecule has 0 aliphatic heterocycles. The molecular formula is C23H20N2O3S. The second-order valence-electron chi connectivity index (χ2n) is 7.25. The van der Waals surface area contributed by atoms with Crippen LogP contribution in [0.2, 0.25) is 0 Å². The highest BCUT2D eigenvalue weighted by Crippen LogP contribution is 2.45. The summed E-state index contributed by atoms with van der Waals surface area (Å²) in [6.45, 7) is 4.15. The third-order valence-corrected chi connectivity index (χ3v) is 6.56. The van der Waals surface area contributed by atoms with Crippen LogP contribution in [0.3, 0.4) is 0 Å². The van der Waals surface area contributed by atoms with Crippen LogP contribution in [0.25, 0.3) is 11.1 Å². The Hall–Kier alpha value is -3.25. The molecule has 2 amide bonds. The van der Waals surface area contributed by atoms with Crippen LogP contribution in [0.5, 0.6) is 0 Å². The average Bonchev–Trinajstić information content (AvgIpc) is 3.06. The lowest BCUT2D eigenvalue weighted by atomic mass is 9.86. The topological polar surface area (TPSA) is 89.3 Å². The first kappa shape index (κ1) is 19.1. The van der Waals surface area contributed by atoms with E-state index in [0.29, 0.717) is 16.1 Å². The van der Waals surface area contributed by atoms with Gasteiger partial charge in [0.2, 0.25) is 5.91 Å². The van der Waals surface area contributed by atoms with Crippen molar-refractivity contribution in [1.82, 2.24) is 0 Å². The largest absolute Gasteiger partial charge is 0.366 e. The monoisotopic (exact) mass is 404 g/mol. The molecule has 29 heavy (non-hydrogen) atoms. The van der Waals surface area contributed by atoms with Gasteiger partial charge in [0.15, 0.2) is 6.29 Å². The van der Waals surface area contributed by atoms with Gasteiger partial charge in [-0.25, -0.2) is 0 Å². The van der Waals surface area contributed by atoms with Gasteiger partial charge in [0.25, 0.3) is 5.91 Å². The van der Waals surface area contributed by atoms with Crippen LogP contribution in [0.15, 0.2) is 36.4 Å². The Kier molecular flexibility index (Phi) is 4.80. The summed E-state index contributed by atoms with van der Waals surface area (Å²) in [5.74, 6) is -0.975. The molecule has 2 aromatic carbocycles. The van der Waals surface area contributed by atoms with Crippen LogP contribution in [-0.4, -0.2) is 18.1 Å². The van der Waals surface area contributed by atoms with Crippen LogP contribution >= 0.6 is 11.3 Å². The van der Waals surface area contributed by atoms with Crippen LogP contribution in [0.4, 0.5) is 5.00 Å². The summed E-state index contributed by atoms with van der Waals surface area (Å²) in [6.07, 6.45) is 2.56. The van der Waals surface area contributed by atoms with Gasteiger partial charge in [-0.15, -0.1) is 11.3 Å². The summed E-state index contributed by atoms with van der Waals surface area (Å²) in [6, 6.07) is 10.5. The number of anilines is 1. The van der Waals surface area contributed by atoms with E-state index in [1.165, 1.54) is 34.1 Å². The van der Waals surface area contributed by atoms with Crippen LogP contribution in [0.1, 0.15) is 52.6 Å². The number of aldehydes is 1. The molecule has 1 aliphatic carbocycles. The number of hydrogen-bond acceptors (Lipinski definition) is 4. The number of nitrogens with two attached hydrogens (primary N) is 1. The lowest BCUT2D eigenvalue weighted by Crippen LogP contribution is -2.15. The molecule has 5 nitrogen and oxygen atoms in total. The third-order valence-electron chi connectivity index (χ3n) is 5.38. The summed E-state index contributed by atoms with van der Waals surface area (Å²) in [7, 11) is 0. The number of benzene rings is 2. The molecule has 0 atom stereocenters. The number of nitrogens with one attached hydrogen (secondary N) is 1. The number of rotatable bonds is 4. The van der Waals surface area contributed by atoms with Crippen molar-refractivity contribution < 1.29 is 14.4 Å². The number of hydrogen-bond donors (Lipinski definition) is 2. The summed E-state index contributed by atoms with van der Waals surface area (Å²) < 4.78 is 0. The molecule has 3 aromatic rings. The van der Waals surface area contributed by atoms with Gasteiger partial charge in [0, 0.05) is 21.6 Å². The second-order valence-corrected chi connectivity index (χ2v) is 8.36. The lowest BCUT2D eigenvalue weighted by Gasteiger charge is -2.19. The Labute approximate surface area is 172 Å². The van der Waals surface area contributed by atoms with E-state index in [2.05, 4.69) is 31.3 Å². The van der Waals surface area contributed by atoms with Crippen molar-refractivity contribution >= 4 is 34.4 Å². The van der Waals surface area contributed by atoms with Gasteiger partial charge in [0.05, 0.1) is 5.56 Å². The normalized spacial score (nSPS) is 12.1. The SMILES string of the molecule is Cc1cc2c(cc1C)-c1c(sc(NC(=O)c3cccc(C(N)=O)c3)c1C=O)CC2. The first-order valence-corrected chi connectivity index (χ1v) is 10.1. The first-order valence-electron chi connectivity index (χ1n) is 9.31. The van der Waals surface area contributed by atoms with Gasteiger partial charge >= 0.3 is 0 Å².